The number of pyridine rings is 1. The molecule has 1 unspecified atom stereocenters. The van der Waals surface area contributed by atoms with Crippen molar-refractivity contribution in [2.24, 2.45) is 5.73 Å². The molecule has 5 heteroatoms. The summed E-state index contributed by atoms with van der Waals surface area (Å²) >= 11 is 0. The molecule has 1 atom stereocenters. The summed E-state index contributed by atoms with van der Waals surface area (Å²) in [4.78, 5) is 18.6. The van der Waals surface area contributed by atoms with Crippen molar-refractivity contribution in [3.63, 3.8) is 0 Å². The van der Waals surface area contributed by atoms with Crippen LogP contribution in [0, 0.1) is 13.8 Å². The lowest BCUT2D eigenvalue weighted by molar-refractivity contribution is 0.0999. The van der Waals surface area contributed by atoms with Gasteiger partial charge < -0.3 is 16.0 Å². The van der Waals surface area contributed by atoms with Gasteiger partial charge in [0.25, 0.3) is 5.91 Å². The van der Waals surface area contributed by atoms with Gasteiger partial charge in [0.1, 0.15) is 5.82 Å². The number of hydrogen-bond acceptors (Lipinski definition) is 4. The van der Waals surface area contributed by atoms with E-state index in [1.807, 2.05) is 19.9 Å². The molecule has 20 heavy (non-hydrogen) atoms. The lowest BCUT2D eigenvalue weighted by Gasteiger charge is -2.36. The highest BCUT2D eigenvalue weighted by atomic mass is 16.1. The summed E-state index contributed by atoms with van der Waals surface area (Å²) in [5.41, 5.74) is 7.95. The molecule has 1 saturated heterocycles. The first kappa shape index (κ1) is 14.8. The van der Waals surface area contributed by atoms with Crippen molar-refractivity contribution in [3.8, 4) is 0 Å². The van der Waals surface area contributed by atoms with E-state index in [4.69, 9.17) is 5.73 Å². The number of likely N-dealkylation sites (N-methyl/N-ethyl adjacent to an activating group) is 1. The molecule has 0 spiro atoms. The summed E-state index contributed by atoms with van der Waals surface area (Å²) in [6, 6.07) is 2.29. The Bertz CT molecular complexity index is 495. The van der Waals surface area contributed by atoms with Crippen LogP contribution in [0.4, 0.5) is 5.82 Å². The standard InChI is InChI=1S/C15H24N4O/c1-4-19(12-6-5-7-17-9-12)15-13(14(16)20)10(2)8-11(3)18-15/h8,12,17H,4-7,9H2,1-3H3,(H2,16,20). The third kappa shape index (κ3) is 2.93. The van der Waals surface area contributed by atoms with Gasteiger partial charge in [-0.15, -0.1) is 0 Å². The molecule has 0 saturated carbocycles. The minimum atomic E-state index is -0.396. The molecule has 1 amide bonds. The summed E-state index contributed by atoms with van der Waals surface area (Å²) in [6.07, 6.45) is 2.27. The molecule has 3 N–H and O–H groups in total. The zero-order valence-corrected chi connectivity index (χ0v) is 12.6. The highest BCUT2D eigenvalue weighted by molar-refractivity contribution is 5.99. The van der Waals surface area contributed by atoms with E-state index in [0.717, 1.165) is 49.6 Å². The quantitative estimate of drug-likeness (QED) is 0.871. The van der Waals surface area contributed by atoms with E-state index in [-0.39, 0.29) is 0 Å². The molecule has 110 valence electrons. The molecular formula is C15H24N4O. The molecule has 0 aliphatic carbocycles. The Balaban J connectivity index is 2.44. The van der Waals surface area contributed by atoms with Crippen LogP contribution < -0.4 is 16.0 Å². The number of hydrogen-bond donors (Lipinski definition) is 2. The number of carbonyl (C=O) groups excluding carboxylic acids is 1. The average Bonchev–Trinajstić information content (AvgIpc) is 2.39. The number of carbonyl (C=O) groups is 1. The number of amides is 1. The Kier molecular flexibility index (Phi) is 4.60. The van der Waals surface area contributed by atoms with E-state index >= 15 is 0 Å². The monoisotopic (exact) mass is 276 g/mol. The summed E-state index contributed by atoms with van der Waals surface area (Å²) in [6.45, 7) is 8.79. The van der Waals surface area contributed by atoms with Gasteiger partial charge in [-0.25, -0.2) is 4.98 Å². The van der Waals surface area contributed by atoms with Crippen molar-refractivity contribution in [3.05, 3.63) is 22.9 Å². The Morgan fingerprint density at radius 2 is 2.30 bits per heavy atom. The second-order valence-corrected chi connectivity index (χ2v) is 5.43. The van der Waals surface area contributed by atoms with Crippen LogP contribution in [0.1, 0.15) is 41.4 Å². The van der Waals surface area contributed by atoms with Crippen LogP contribution in [0.5, 0.6) is 0 Å². The first-order valence-electron chi connectivity index (χ1n) is 7.30. The number of nitrogens with zero attached hydrogens (tertiary/aromatic N) is 2. The maximum atomic E-state index is 11.8. The second kappa shape index (κ2) is 6.22. The molecule has 5 nitrogen and oxygen atoms in total. The zero-order chi connectivity index (χ0) is 14.7. The minimum Gasteiger partial charge on any atom is -0.365 e. The Morgan fingerprint density at radius 3 is 2.85 bits per heavy atom. The number of nitrogens with two attached hydrogens (primary N) is 1. The Hall–Kier alpha value is -1.62. The first-order chi connectivity index (χ1) is 9.54. The van der Waals surface area contributed by atoms with Crippen LogP contribution in [-0.2, 0) is 0 Å². The van der Waals surface area contributed by atoms with Crippen LogP contribution in [0.25, 0.3) is 0 Å². The molecular weight excluding hydrogens is 252 g/mol. The molecule has 1 aromatic rings. The van der Waals surface area contributed by atoms with Crippen molar-refractivity contribution in [1.82, 2.24) is 10.3 Å². The lowest BCUT2D eigenvalue weighted by Crippen LogP contribution is -2.47. The summed E-state index contributed by atoms with van der Waals surface area (Å²) < 4.78 is 0. The second-order valence-electron chi connectivity index (χ2n) is 5.43. The summed E-state index contributed by atoms with van der Waals surface area (Å²) in [7, 11) is 0. The van der Waals surface area contributed by atoms with E-state index in [0.29, 0.717) is 11.6 Å². The number of aryl methyl sites for hydroxylation is 2. The van der Waals surface area contributed by atoms with Gasteiger partial charge in [-0.1, -0.05) is 0 Å². The minimum absolute atomic E-state index is 0.376. The first-order valence-corrected chi connectivity index (χ1v) is 7.30. The van der Waals surface area contributed by atoms with Gasteiger partial charge in [0.2, 0.25) is 0 Å². The van der Waals surface area contributed by atoms with Crippen LogP contribution in [0.15, 0.2) is 6.07 Å². The molecule has 1 aliphatic heterocycles. The number of anilines is 1. The van der Waals surface area contributed by atoms with Crippen molar-refractivity contribution in [2.75, 3.05) is 24.5 Å². The van der Waals surface area contributed by atoms with Gasteiger partial charge in [-0.05, 0) is 51.8 Å². The fourth-order valence-corrected chi connectivity index (χ4v) is 3.01. The summed E-state index contributed by atoms with van der Waals surface area (Å²) in [5.74, 6) is 0.346. The van der Waals surface area contributed by atoms with Crippen LogP contribution in [0.3, 0.4) is 0 Å². The molecule has 2 heterocycles. The van der Waals surface area contributed by atoms with Gasteiger partial charge >= 0.3 is 0 Å². The number of primary amides is 1. The van der Waals surface area contributed by atoms with Gasteiger partial charge in [0.15, 0.2) is 0 Å². The van der Waals surface area contributed by atoms with E-state index in [1.54, 1.807) is 0 Å². The number of aromatic nitrogens is 1. The number of rotatable bonds is 4. The van der Waals surface area contributed by atoms with E-state index < -0.39 is 5.91 Å². The van der Waals surface area contributed by atoms with Crippen molar-refractivity contribution in [2.45, 2.75) is 39.7 Å². The molecule has 0 aromatic carbocycles. The Labute approximate surface area is 120 Å². The van der Waals surface area contributed by atoms with Crippen molar-refractivity contribution >= 4 is 11.7 Å². The predicted molar refractivity (Wildman–Crippen MR) is 81.1 cm³/mol. The van der Waals surface area contributed by atoms with Gasteiger partial charge in [-0.3, -0.25) is 4.79 Å². The van der Waals surface area contributed by atoms with Crippen LogP contribution in [-0.4, -0.2) is 36.6 Å². The molecule has 2 rings (SSSR count). The zero-order valence-electron chi connectivity index (χ0n) is 12.6. The normalized spacial score (nSPS) is 18.9. The van der Waals surface area contributed by atoms with Crippen LogP contribution >= 0.6 is 0 Å². The largest absolute Gasteiger partial charge is 0.365 e. The topological polar surface area (TPSA) is 71.2 Å². The smallest absolute Gasteiger partial charge is 0.252 e. The van der Waals surface area contributed by atoms with Crippen molar-refractivity contribution < 1.29 is 4.79 Å². The average molecular weight is 276 g/mol. The maximum Gasteiger partial charge on any atom is 0.252 e. The van der Waals surface area contributed by atoms with E-state index in [9.17, 15) is 4.79 Å². The maximum absolute atomic E-state index is 11.8. The molecule has 0 bridgehead atoms. The Morgan fingerprint density at radius 1 is 1.55 bits per heavy atom. The van der Waals surface area contributed by atoms with Gasteiger partial charge in [-0.2, -0.15) is 0 Å². The lowest BCUT2D eigenvalue weighted by atomic mass is 10.0. The molecule has 1 fully saturated rings. The number of nitrogens with one attached hydrogen (secondary N) is 1. The number of piperidine rings is 1. The molecule has 1 aromatic heterocycles. The fourth-order valence-electron chi connectivity index (χ4n) is 3.01. The van der Waals surface area contributed by atoms with Crippen LogP contribution in [0.2, 0.25) is 0 Å². The molecule has 1 aliphatic rings. The highest BCUT2D eigenvalue weighted by Crippen LogP contribution is 2.25. The SMILES string of the molecule is CCN(c1nc(C)cc(C)c1C(N)=O)C1CCCNC1. The molecule has 0 radical (unpaired) electrons. The van der Waals surface area contributed by atoms with Gasteiger partial charge in [0.05, 0.1) is 5.56 Å². The van der Waals surface area contributed by atoms with Crippen molar-refractivity contribution in [1.29, 1.82) is 0 Å². The van der Waals surface area contributed by atoms with Gasteiger partial charge in [0, 0.05) is 24.8 Å². The van der Waals surface area contributed by atoms with E-state index in [1.165, 1.54) is 0 Å². The highest BCUT2D eigenvalue weighted by Gasteiger charge is 2.25. The van der Waals surface area contributed by atoms with E-state index in [2.05, 4.69) is 22.1 Å². The third-order valence-electron chi connectivity index (χ3n) is 3.90. The third-order valence-corrected chi connectivity index (χ3v) is 3.90. The summed E-state index contributed by atoms with van der Waals surface area (Å²) in [5, 5.41) is 3.41. The predicted octanol–water partition coefficient (Wildman–Crippen LogP) is 1.38. The fraction of sp³-hybridized carbons (Fsp3) is 0.600.